The van der Waals surface area contributed by atoms with Crippen molar-refractivity contribution in [1.29, 1.82) is 0 Å². The maximum absolute atomic E-state index is 9.73. The molecule has 5 atom stereocenters. The zero-order valence-electron chi connectivity index (χ0n) is 13.6. The molecule has 134 valence electrons. The van der Waals surface area contributed by atoms with Crippen LogP contribution in [0.15, 0.2) is 0 Å². The Labute approximate surface area is 137 Å². The molecule has 0 aliphatic carbocycles. The minimum Gasteiger partial charge on any atom is -0.396 e. The molecule has 0 saturated carbocycles. The van der Waals surface area contributed by atoms with Gasteiger partial charge < -0.3 is 30.3 Å². The van der Waals surface area contributed by atoms with Crippen molar-refractivity contribution in [3.05, 3.63) is 0 Å². The number of thioether (sulfide) groups is 1. The average molecular weight is 340 g/mol. The second-order valence-corrected chi connectivity index (χ2v) is 6.79. The number of aliphatic hydroxyl groups is 5. The fourth-order valence-corrected chi connectivity index (χ4v) is 2.88. The maximum Gasteiger partial charge on any atom is 0.183 e. The fourth-order valence-electron chi connectivity index (χ4n) is 1.77. The fraction of sp³-hybridized carbons (Fsp3) is 1.00. The van der Waals surface area contributed by atoms with Crippen LogP contribution in [0.25, 0.3) is 0 Å². The molecule has 0 aliphatic rings. The third-order valence-corrected chi connectivity index (χ3v) is 4.63. The van der Waals surface area contributed by atoms with Gasteiger partial charge >= 0.3 is 0 Å². The zero-order valence-corrected chi connectivity index (χ0v) is 14.4. The monoisotopic (exact) mass is 340 g/mol. The summed E-state index contributed by atoms with van der Waals surface area (Å²) >= 11 is 1.89. The highest BCUT2D eigenvalue weighted by Gasteiger charge is 2.33. The van der Waals surface area contributed by atoms with E-state index in [1.54, 1.807) is 0 Å². The standard InChI is InChI=1S/C15H32O6S/c1-3-4-8-22-9-6-5-7-21-15(20)14(19)13(18)12(17)11(2)10-16/h11-20H,3-10H2,1-2H3/t11?,12-,13?,14?,15-/m0/s1. The van der Waals surface area contributed by atoms with Crippen LogP contribution >= 0.6 is 11.8 Å². The number of hydrogen-bond donors (Lipinski definition) is 5. The van der Waals surface area contributed by atoms with Crippen LogP contribution in [0, 0.1) is 5.92 Å². The van der Waals surface area contributed by atoms with Gasteiger partial charge in [0.2, 0.25) is 0 Å². The first-order chi connectivity index (χ1) is 10.5. The van der Waals surface area contributed by atoms with E-state index in [4.69, 9.17) is 9.84 Å². The Kier molecular flexibility index (Phi) is 13.6. The maximum atomic E-state index is 9.73. The second kappa shape index (κ2) is 13.5. The molecule has 0 aromatic heterocycles. The number of hydrogen-bond acceptors (Lipinski definition) is 7. The molecule has 0 rings (SSSR count). The summed E-state index contributed by atoms with van der Waals surface area (Å²) in [5, 5.41) is 47.7. The minimum atomic E-state index is -1.61. The van der Waals surface area contributed by atoms with Crippen molar-refractivity contribution in [2.75, 3.05) is 24.7 Å². The van der Waals surface area contributed by atoms with Crippen LogP contribution in [-0.4, -0.2) is 74.9 Å². The second-order valence-electron chi connectivity index (χ2n) is 5.57. The number of ether oxygens (including phenoxy) is 1. The molecular weight excluding hydrogens is 308 g/mol. The largest absolute Gasteiger partial charge is 0.396 e. The molecule has 3 unspecified atom stereocenters. The van der Waals surface area contributed by atoms with Crippen LogP contribution < -0.4 is 0 Å². The van der Waals surface area contributed by atoms with Crippen molar-refractivity contribution in [3.63, 3.8) is 0 Å². The summed E-state index contributed by atoms with van der Waals surface area (Å²) in [6, 6.07) is 0. The molecule has 0 amide bonds. The van der Waals surface area contributed by atoms with Gasteiger partial charge in [-0.1, -0.05) is 20.3 Å². The molecule has 0 spiro atoms. The Morgan fingerprint density at radius 3 is 2.14 bits per heavy atom. The number of rotatable bonds is 14. The Balaban J connectivity index is 3.79. The Bertz CT molecular complexity index is 256. The zero-order chi connectivity index (χ0) is 17.0. The smallest absolute Gasteiger partial charge is 0.183 e. The van der Waals surface area contributed by atoms with E-state index in [0.717, 1.165) is 24.3 Å². The van der Waals surface area contributed by atoms with Gasteiger partial charge in [-0.05, 0) is 30.8 Å². The molecule has 6 nitrogen and oxygen atoms in total. The molecule has 5 N–H and O–H groups in total. The van der Waals surface area contributed by atoms with Crippen LogP contribution in [0.2, 0.25) is 0 Å². The summed E-state index contributed by atoms with van der Waals surface area (Å²) in [6.45, 7) is 3.65. The van der Waals surface area contributed by atoms with E-state index in [0.29, 0.717) is 0 Å². The topological polar surface area (TPSA) is 110 Å². The molecule has 22 heavy (non-hydrogen) atoms. The van der Waals surface area contributed by atoms with E-state index < -0.39 is 30.5 Å². The van der Waals surface area contributed by atoms with E-state index in [1.807, 2.05) is 11.8 Å². The molecule has 0 aromatic carbocycles. The number of aliphatic hydroxyl groups excluding tert-OH is 5. The van der Waals surface area contributed by atoms with E-state index in [2.05, 4.69) is 6.92 Å². The van der Waals surface area contributed by atoms with Crippen molar-refractivity contribution in [2.45, 2.75) is 64.1 Å². The molecule has 0 aromatic rings. The van der Waals surface area contributed by atoms with Gasteiger partial charge in [0.25, 0.3) is 0 Å². The normalized spacial score (nSPS) is 18.7. The van der Waals surface area contributed by atoms with E-state index >= 15 is 0 Å². The highest BCUT2D eigenvalue weighted by Crippen LogP contribution is 2.14. The summed E-state index contributed by atoms with van der Waals surface area (Å²) in [6.07, 6.45) is -1.92. The van der Waals surface area contributed by atoms with Crippen LogP contribution in [0.1, 0.15) is 39.5 Å². The van der Waals surface area contributed by atoms with Gasteiger partial charge in [0.1, 0.15) is 12.2 Å². The lowest BCUT2D eigenvalue weighted by Crippen LogP contribution is -2.48. The first-order valence-corrected chi connectivity index (χ1v) is 9.13. The summed E-state index contributed by atoms with van der Waals surface area (Å²) in [4.78, 5) is 0. The van der Waals surface area contributed by atoms with Crippen molar-refractivity contribution in [2.24, 2.45) is 5.92 Å². The molecule has 0 heterocycles. The number of unbranched alkanes of at least 4 members (excludes halogenated alkanes) is 2. The predicted octanol–water partition coefficient (Wildman–Crippen LogP) is 0.346. The van der Waals surface area contributed by atoms with Gasteiger partial charge in [-0.2, -0.15) is 11.8 Å². The first-order valence-electron chi connectivity index (χ1n) is 7.98. The molecule has 0 radical (unpaired) electrons. The molecule has 0 bridgehead atoms. The summed E-state index contributed by atoms with van der Waals surface area (Å²) in [5.74, 6) is 1.60. The van der Waals surface area contributed by atoms with E-state index in [-0.39, 0.29) is 13.2 Å². The summed E-state index contributed by atoms with van der Waals surface area (Å²) in [7, 11) is 0. The Hall–Kier alpha value is 0.110. The third-order valence-electron chi connectivity index (χ3n) is 3.48. The van der Waals surface area contributed by atoms with Gasteiger partial charge in [0, 0.05) is 19.1 Å². The lowest BCUT2D eigenvalue weighted by atomic mass is 9.97. The van der Waals surface area contributed by atoms with Crippen LogP contribution in [0.5, 0.6) is 0 Å². The molecular formula is C15H32O6S. The van der Waals surface area contributed by atoms with Crippen molar-refractivity contribution < 1.29 is 30.3 Å². The highest BCUT2D eigenvalue weighted by atomic mass is 32.2. The molecule has 0 fully saturated rings. The molecule has 0 aliphatic heterocycles. The molecule has 0 saturated heterocycles. The van der Waals surface area contributed by atoms with Crippen LogP contribution in [-0.2, 0) is 4.74 Å². The highest BCUT2D eigenvalue weighted by molar-refractivity contribution is 7.99. The summed E-state index contributed by atoms with van der Waals surface area (Å²) < 4.78 is 5.08. The molecule has 7 heteroatoms. The predicted molar refractivity (Wildman–Crippen MR) is 87.7 cm³/mol. The Morgan fingerprint density at radius 2 is 1.55 bits per heavy atom. The SMILES string of the molecule is CCCCSCCCCO[C@H](O)C(O)C(O)[C@@H](O)C(C)CO. The minimum absolute atomic E-state index is 0.283. The lowest BCUT2D eigenvalue weighted by Gasteiger charge is -2.28. The first kappa shape index (κ1) is 22.1. The van der Waals surface area contributed by atoms with Gasteiger partial charge in [-0.15, -0.1) is 0 Å². The van der Waals surface area contributed by atoms with Crippen molar-refractivity contribution in [1.82, 2.24) is 0 Å². The third kappa shape index (κ3) is 9.29. The van der Waals surface area contributed by atoms with Gasteiger partial charge in [-0.25, -0.2) is 0 Å². The lowest BCUT2D eigenvalue weighted by molar-refractivity contribution is -0.206. The van der Waals surface area contributed by atoms with Crippen molar-refractivity contribution in [3.8, 4) is 0 Å². The van der Waals surface area contributed by atoms with Gasteiger partial charge in [-0.3, -0.25) is 0 Å². The quantitative estimate of drug-likeness (QED) is 0.229. The average Bonchev–Trinajstić information content (AvgIpc) is 2.54. The van der Waals surface area contributed by atoms with Crippen molar-refractivity contribution >= 4 is 11.8 Å². The van der Waals surface area contributed by atoms with Crippen LogP contribution in [0.4, 0.5) is 0 Å². The Morgan fingerprint density at radius 1 is 0.909 bits per heavy atom. The van der Waals surface area contributed by atoms with E-state index in [9.17, 15) is 20.4 Å². The van der Waals surface area contributed by atoms with Gasteiger partial charge in [0.05, 0.1) is 6.10 Å². The van der Waals surface area contributed by atoms with Gasteiger partial charge in [0.15, 0.2) is 6.29 Å². The van der Waals surface area contributed by atoms with Crippen LogP contribution in [0.3, 0.4) is 0 Å². The van der Waals surface area contributed by atoms with E-state index in [1.165, 1.54) is 19.8 Å². The summed E-state index contributed by atoms with van der Waals surface area (Å²) in [5.41, 5.74) is 0.